The lowest BCUT2D eigenvalue weighted by molar-refractivity contribution is -0.154. The van der Waals surface area contributed by atoms with Crippen LogP contribution in [0.5, 0.6) is 17.2 Å². The van der Waals surface area contributed by atoms with E-state index in [0.29, 0.717) is 5.75 Å². The van der Waals surface area contributed by atoms with Crippen LogP contribution in [0, 0.1) is 0 Å². The molecule has 0 aliphatic rings. The average molecular weight is 280 g/mol. The molecule has 1 rings (SSSR count). The number of halogens is 3. The van der Waals surface area contributed by atoms with Crippen LogP contribution in [0.4, 0.5) is 13.2 Å². The van der Waals surface area contributed by atoms with E-state index in [2.05, 4.69) is 0 Å². The van der Waals surface area contributed by atoms with Crippen molar-refractivity contribution in [3.8, 4) is 17.2 Å². The van der Waals surface area contributed by atoms with E-state index in [4.69, 9.17) is 14.2 Å². The first-order chi connectivity index (χ1) is 8.84. The Bertz CT molecular complexity index is 432. The number of alkyl halides is 3. The molecule has 7 heteroatoms. The van der Waals surface area contributed by atoms with Gasteiger partial charge in [-0.05, 0) is 12.1 Å². The monoisotopic (exact) mass is 280 g/mol. The van der Waals surface area contributed by atoms with Gasteiger partial charge < -0.3 is 19.3 Å². The van der Waals surface area contributed by atoms with Crippen LogP contribution in [-0.2, 0) is 0 Å². The van der Waals surface area contributed by atoms with Crippen molar-refractivity contribution in [2.75, 3.05) is 21.3 Å². The molecule has 1 aromatic rings. The van der Waals surface area contributed by atoms with Crippen LogP contribution in [0.15, 0.2) is 12.1 Å². The zero-order valence-electron chi connectivity index (χ0n) is 10.7. The lowest BCUT2D eigenvalue weighted by Crippen LogP contribution is -2.14. The number of hydrogen-bond donors (Lipinski definition) is 1. The minimum atomic E-state index is -4.47. The summed E-state index contributed by atoms with van der Waals surface area (Å²) in [5.74, 6) is 0.477. The van der Waals surface area contributed by atoms with Gasteiger partial charge in [0.05, 0.1) is 33.9 Å². The first-order valence-corrected chi connectivity index (χ1v) is 5.37. The van der Waals surface area contributed by atoms with Crippen LogP contribution in [0.2, 0.25) is 0 Å². The SMILES string of the molecule is COc1ccc(C(O)CC(F)(F)F)c(OC)c1OC. The molecule has 0 bridgehead atoms. The minimum absolute atomic E-state index is 0.00234. The second-order valence-electron chi connectivity index (χ2n) is 3.76. The first kappa shape index (κ1) is 15.4. The van der Waals surface area contributed by atoms with Crippen molar-refractivity contribution in [1.82, 2.24) is 0 Å². The number of methoxy groups -OCH3 is 3. The lowest BCUT2D eigenvalue weighted by Gasteiger charge is -2.19. The van der Waals surface area contributed by atoms with Gasteiger partial charge in [-0.3, -0.25) is 0 Å². The highest BCUT2D eigenvalue weighted by molar-refractivity contribution is 5.56. The molecule has 0 aliphatic carbocycles. The highest BCUT2D eigenvalue weighted by Gasteiger charge is 2.33. The van der Waals surface area contributed by atoms with Crippen molar-refractivity contribution in [3.05, 3.63) is 17.7 Å². The van der Waals surface area contributed by atoms with E-state index < -0.39 is 18.7 Å². The number of hydrogen-bond acceptors (Lipinski definition) is 4. The Morgan fingerprint density at radius 1 is 1.05 bits per heavy atom. The van der Waals surface area contributed by atoms with Crippen molar-refractivity contribution in [2.45, 2.75) is 18.7 Å². The summed E-state index contributed by atoms with van der Waals surface area (Å²) in [6.07, 6.45) is -7.56. The van der Waals surface area contributed by atoms with E-state index in [1.807, 2.05) is 0 Å². The predicted molar refractivity (Wildman–Crippen MR) is 61.7 cm³/mol. The second-order valence-corrected chi connectivity index (χ2v) is 3.76. The third-order valence-electron chi connectivity index (χ3n) is 2.52. The Morgan fingerprint density at radius 3 is 2.05 bits per heavy atom. The molecule has 0 amide bonds. The zero-order valence-corrected chi connectivity index (χ0v) is 10.7. The molecule has 4 nitrogen and oxygen atoms in total. The van der Waals surface area contributed by atoms with Crippen LogP contribution in [-0.4, -0.2) is 32.6 Å². The van der Waals surface area contributed by atoms with Crippen molar-refractivity contribution < 1.29 is 32.5 Å². The van der Waals surface area contributed by atoms with E-state index in [9.17, 15) is 18.3 Å². The molecule has 0 saturated heterocycles. The Balaban J connectivity index is 3.21. The van der Waals surface area contributed by atoms with Crippen molar-refractivity contribution in [2.24, 2.45) is 0 Å². The summed E-state index contributed by atoms with van der Waals surface area (Å²) in [4.78, 5) is 0. The molecule has 0 spiro atoms. The van der Waals surface area contributed by atoms with E-state index in [1.165, 1.54) is 33.5 Å². The zero-order chi connectivity index (χ0) is 14.6. The van der Waals surface area contributed by atoms with Crippen molar-refractivity contribution in [3.63, 3.8) is 0 Å². The molecule has 0 radical (unpaired) electrons. The molecule has 0 saturated carbocycles. The Hall–Kier alpha value is -1.63. The van der Waals surface area contributed by atoms with Crippen LogP contribution in [0.1, 0.15) is 18.1 Å². The van der Waals surface area contributed by atoms with Gasteiger partial charge in [-0.25, -0.2) is 0 Å². The highest BCUT2D eigenvalue weighted by atomic mass is 19.4. The summed E-state index contributed by atoms with van der Waals surface area (Å²) in [6.45, 7) is 0. The normalized spacial score (nSPS) is 13.0. The summed E-state index contributed by atoms with van der Waals surface area (Å²) in [5, 5.41) is 9.66. The molecule has 0 aliphatic heterocycles. The number of aliphatic hydroxyl groups excluding tert-OH is 1. The van der Waals surface area contributed by atoms with Crippen LogP contribution in [0.25, 0.3) is 0 Å². The molecule has 1 atom stereocenters. The Morgan fingerprint density at radius 2 is 1.63 bits per heavy atom. The molecule has 1 aromatic carbocycles. The number of ether oxygens (including phenoxy) is 3. The Labute approximate surface area is 108 Å². The molecular weight excluding hydrogens is 265 g/mol. The van der Waals surface area contributed by atoms with E-state index in [0.717, 1.165) is 0 Å². The fourth-order valence-corrected chi connectivity index (χ4v) is 1.72. The summed E-state index contributed by atoms with van der Waals surface area (Å²) in [6, 6.07) is 2.73. The number of rotatable bonds is 5. The molecule has 0 aromatic heterocycles. The maximum Gasteiger partial charge on any atom is 0.391 e. The van der Waals surface area contributed by atoms with E-state index >= 15 is 0 Å². The fourth-order valence-electron chi connectivity index (χ4n) is 1.72. The van der Waals surface area contributed by atoms with Crippen molar-refractivity contribution in [1.29, 1.82) is 0 Å². The molecule has 1 unspecified atom stereocenters. The molecule has 0 heterocycles. The molecule has 108 valence electrons. The number of benzene rings is 1. The summed E-state index contributed by atoms with van der Waals surface area (Å²) < 4.78 is 52.0. The number of aliphatic hydroxyl groups is 1. The largest absolute Gasteiger partial charge is 0.493 e. The van der Waals surface area contributed by atoms with Gasteiger partial charge in [0, 0.05) is 5.56 Å². The van der Waals surface area contributed by atoms with E-state index in [1.54, 1.807) is 0 Å². The Kier molecular flexibility index (Phi) is 4.88. The fraction of sp³-hybridized carbons (Fsp3) is 0.500. The third-order valence-corrected chi connectivity index (χ3v) is 2.52. The first-order valence-electron chi connectivity index (χ1n) is 5.37. The molecular formula is C12H15F3O4. The van der Waals surface area contributed by atoms with Crippen LogP contribution >= 0.6 is 0 Å². The maximum absolute atomic E-state index is 12.3. The van der Waals surface area contributed by atoms with Gasteiger partial charge >= 0.3 is 6.18 Å². The maximum atomic E-state index is 12.3. The van der Waals surface area contributed by atoms with Crippen molar-refractivity contribution >= 4 is 0 Å². The van der Waals surface area contributed by atoms with E-state index in [-0.39, 0.29) is 17.1 Å². The van der Waals surface area contributed by atoms with Crippen LogP contribution in [0.3, 0.4) is 0 Å². The topological polar surface area (TPSA) is 47.9 Å². The predicted octanol–water partition coefficient (Wildman–Crippen LogP) is 2.70. The van der Waals surface area contributed by atoms with Gasteiger partial charge in [0.2, 0.25) is 5.75 Å². The third kappa shape index (κ3) is 3.66. The van der Waals surface area contributed by atoms with Gasteiger partial charge in [0.15, 0.2) is 11.5 Å². The van der Waals surface area contributed by atoms with Gasteiger partial charge in [0.1, 0.15) is 0 Å². The summed E-state index contributed by atoms with van der Waals surface area (Å²) in [5.41, 5.74) is -0.00234. The molecule has 1 N–H and O–H groups in total. The van der Waals surface area contributed by atoms with Gasteiger partial charge in [-0.2, -0.15) is 13.2 Å². The standard InChI is InChI=1S/C12H15F3O4/c1-17-9-5-4-7(8(16)6-12(13,14)15)10(18-2)11(9)19-3/h4-5,8,16H,6H2,1-3H3. The molecule has 19 heavy (non-hydrogen) atoms. The summed E-state index contributed by atoms with van der Waals surface area (Å²) >= 11 is 0. The average Bonchev–Trinajstić information content (AvgIpc) is 2.34. The minimum Gasteiger partial charge on any atom is -0.493 e. The van der Waals surface area contributed by atoms with Gasteiger partial charge in [-0.1, -0.05) is 0 Å². The van der Waals surface area contributed by atoms with Crippen LogP contribution < -0.4 is 14.2 Å². The quantitative estimate of drug-likeness (QED) is 0.901. The molecule has 0 fully saturated rings. The lowest BCUT2D eigenvalue weighted by atomic mass is 10.0. The van der Waals surface area contributed by atoms with Gasteiger partial charge in [-0.15, -0.1) is 0 Å². The summed E-state index contributed by atoms with van der Waals surface area (Å²) in [7, 11) is 4.00. The van der Waals surface area contributed by atoms with Gasteiger partial charge in [0.25, 0.3) is 0 Å². The highest BCUT2D eigenvalue weighted by Crippen LogP contribution is 2.44. The smallest absolute Gasteiger partial charge is 0.391 e. The second kappa shape index (κ2) is 6.01.